The molecule has 1 saturated heterocycles. The van der Waals surface area contributed by atoms with Crippen molar-refractivity contribution in [2.75, 3.05) is 11.5 Å². The zero-order chi connectivity index (χ0) is 15.5. The van der Waals surface area contributed by atoms with E-state index in [1.807, 2.05) is 30.3 Å². The number of carbonyl (C=O) groups is 1. The molecule has 2 rings (SSSR count). The zero-order valence-electron chi connectivity index (χ0n) is 12.6. The van der Waals surface area contributed by atoms with E-state index in [0.29, 0.717) is 12.3 Å². The highest BCUT2D eigenvalue weighted by Gasteiger charge is 2.33. The van der Waals surface area contributed by atoms with Gasteiger partial charge in [0, 0.05) is 0 Å². The number of carbonyl (C=O) groups excluding carboxylic acids is 1. The molecule has 1 fully saturated rings. The van der Waals surface area contributed by atoms with Gasteiger partial charge in [0.2, 0.25) is 5.91 Å². The lowest BCUT2D eigenvalue weighted by atomic mass is 9.96. The monoisotopic (exact) mass is 309 g/mol. The molecule has 0 bridgehead atoms. The van der Waals surface area contributed by atoms with Gasteiger partial charge in [0.05, 0.1) is 23.5 Å². The Hall–Kier alpha value is -1.36. The molecule has 0 unspecified atom stereocenters. The Morgan fingerprint density at radius 1 is 1.29 bits per heavy atom. The lowest BCUT2D eigenvalue weighted by molar-refractivity contribution is -0.125. The van der Waals surface area contributed by atoms with E-state index in [1.165, 1.54) is 0 Å². The van der Waals surface area contributed by atoms with E-state index in [1.54, 1.807) is 0 Å². The molecule has 0 saturated carbocycles. The lowest BCUT2D eigenvalue weighted by Crippen LogP contribution is -2.35. The van der Waals surface area contributed by atoms with E-state index in [-0.39, 0.29) is 23.5 Å². The predicted octanol–water partition coefficient (Wildman–Crippen LogP) is 2.32. The second kappa shape index (κ2) is 6.60. The Kier molecular flexibility index (Phi) is 5.04. The maximum Gasteiger partial charge on any atom is 0.224 e. The van der Waals surface area contributed by atoms with Gasteiger partial charge in [-0.25, -0.2) is 8.42 Å². The lowest BCUT2D eigenvalue weighted by Gasteiger charge is -2.22. The molecule has 0 aromatic heterocycles. The Morgan fingerprint density at radius 2 is 1.95 bits per heavy atom. The third-order valence-electron chi connectivity index (χ3n) is 3.83. The van der Waals surface area contributed by atoms with E-state index in [4.69, 9.17) is 0 Å². The van der Waals surface area contributed by atoms with Gasteiger partial charge in [0.15, 0.2) is 9.84 Å². The maximum atomic E-state index is 12.3. The van der Waals surface area contributed by atoms with Crippen molar-refractivity contribution in [1.29, 1.82) is 0 Å². The van der Waals surface area contributed by atoms with Crippen LogP contribution in [-0.4, -0.2) is 25.8 Å². The van der Waals surface area contributed by atoms with Crippen molar-refractivity contribution < 1.29 is 13.2 Å². The molecule has 116 valence electrons. The Balaban J connectivity index is 2.07. The number of rotatable bonds is 5. The maximum absolute atomic E-state index is 12.3. The average Bonchev–Trinajstić information content (AvgIpc) is 2.79. The van der Waals surface area contributed by atoms with Crippen molar-refractivity contribution in [1.82, 2.24) is 5.32 Å². The fourth-order valence-electron chi connectivity index (χ4n) is 2.73. The average molecular weight is 309 g/mol. The molecular weight excluding hydrogens is 286 g/mol. The van der Waals surface area contributed by atoms with Crippen LogP contribution in [0.1, 0.15) is 38.3 Å². The van der Waals surface area contributed by atoms with Gasteiger partial charge in [-0.3, -0.25) is 4.79 Å². The fourth-order valence-corrected chi connectivity index (χ4v) is 4.47. The molecule has 0 aliphatic carbocycles. The second-order valence-electron chi connectivity index (χ2n) is 6.20. The van der Waals surface area contributed by atoms with Crippen molar-refractivity contribution in [3.63, 3.8) is 0 Å². The van der Waals surface area contributed by atoms with Crippen molar-refractivity contribution in [2.24, 2.45) is 11.8 Å². The van der Waals surface area contributed by atoms with E-state index in [2.05, 4.69) is 19.2 Å². The second-order valence-corrected chi connectivity index (χ2v) is 8.43. The molecule has 5 heteroatoms. The number of amides is 1. The molecule has 0 spiro atoms. The van der Waals surface area contributed by atoms with Crippen LogP contribution in [0.2, 0.25) is 0 Å². The molecular formula is C16H23NO3S. The van der Waals surface area contributed by atoms with Crippen molar-refractivity contribution in [2.45, 2.75) is 32.7 Å². The first-order valence-corrected chi connectivity index (χ1v) is 9.25. The summed E-state index contributed by atoms with van der Waals surface area (Å²) in [6, 6.07) is 9.80. The third-order valence-corrected chi connectivity index (χ3v) is 5.60. The van der Waals surface area contributed by atoms with Crippen LogP contribution in [0.15, 0.2) is 30.3 Å². The Labute approximate surface area is 126 Å². The highest BCUT2D eigenvalue weighted by molar-refractivity contribution is 7.91. The summed E-state index contributed by atoms with van der Waals surface area (Å²) in [6.07, 6.45) is 1.28. The summed E-state index contributed by atoms with van der Waals surface area (Å²) in [6.45, 7) is 4.23. The fraction of sp³-hybridized carbons (Fsp3) is 0.562. The van der Waals surface area contributed by atoms with Crippen molar-refractivity contribution in [3.05, 3.63) is 35.9 Å². The number of hydrogen-bond acceptors (Lipinski definition) is 3. The van der Waals surface area contributed by atoms with Crippen LogP contribution in [0.4, 0.5) is 0 Å². The molecule has 1 aliphatic heterocycles. The van der Waals surface area contributed by atoms with Crippen LogP contribution in [0.5, 0.6) is 0 Å². The minimum Gasteiger partial charge on any atom is -0.349 e. The summed E-state index contributed by atoms with van der Waals surface area (Å²) in [7, 11) is -3.02. The van der Waals surface area contributed by atoms with Crippen LogP contribution in [0.3, 0.4) is 0 Å². The minimum atomic E-state index is -3.02. The first-order chi connectivity index (χ1) is 9.87. The van der Waals surface area contributed by atoms with Gasteiger partial charge in [-0.15, -0.1) is 0 Å². The molecule has 1 N–H and O–H groups in total. The highest BCUT2D eigenvalue weighted by Crippen LogP contribution is 2.24. The van der Waals surface area contributed by atoms with Gasteiger partial charge < -0.3 is 5.32 Å². The first-order valence-electron chi connectivity index (χ1n) is 7.43. The molecule has 0 radical (unpaired) electrons. The summed E-state index contributed by atoms with van der Waals surface area (Å²) >= 11 is 0. The third kappa shape index (κ3) is 4.56. The van der Waals surface area contributed by atoms with E-state index < -0.39 is 15.8 Å². The highest BCUT2D eigenvalue weighted by atomic mass is 32.2. The van der Waals surface area contributed by atoms with E-state index >= 15 is 0 Å². The van der Waals surface area contributed by atoms with Crippen LogP contribution in [0.25, 0.3) is 0 Å². The van der Waals surface area contributed by atoms with Crippen LogP contribution in [-0.2, 0) is 14.6 Å². The molecule has 21 heavy (non-hydrogen) atoms. The normalized spacial score (nSPS) is 22.1. The summed E-state index contributed by atoms with van der Waals surface area (Å²) in [5.74, 6) is 0.0367. The number of benzene rings is 1. The topological polar surface area (TPSA) is 63.2 Å². The standard InChI is InChI=1S/C16H23NO3S/c1-12(2)10-15(13-6-4-3-5-7-13)17-16(18)14-8-9-21(19,20)11-14/h3-7,12,14-15H,8-11H2,1-2H3,(H,17,18)/t14-,15-/m1/s1. The van der Waals surface area contributed by atoms with Crippen molar-refractivity contribution >= 4 is 15.7 Å². The molecule has 1 heterocycles. The molecule has 1 aliphatic rings. The van der Waals surface area contributed by atoms with Gasteiger partial charge in [0.1, 0.15) is 0 Å². The van der Waals surface area contributed by atoms with Crippen LogP contribution < -0.4 is 5.32 Å². The first kappa shape index (κ1) is 16.0. The molecule has 2 atom stereocenters. The molecule has 1 aromatic rings. The zero-order valence-corrected chi connectivity index (χ0v) is 13.4. The summed E-state index contributed by atoms with van der Waals surface area (Å²) in [5.41, 5.74) is 1.07. The van der Waals surface area contributed by atoms with Gasteiger partial charge in [-0.2, -0.15) is 0 Å². The quantitative estimate of drug-likeness (QED) is 0.908. The molecule has 1 amide bonds. The van der Waals surface area contributed by atoms with E-state index in [9.17, 15) is 13.2 Å². The Bertz CT molecular complexity index is 581. The predicted molar refractivity (Wildman–Crippen MR) is 83.5 cm³/mol. The summed E-state index contributed by atoms with van der Waals surface area (Å²) < 4.78 is 23.0. The smallest absolute Gasteiger partial charge is 0.224 e. The van der Waals surface area contributed by atoms with Crippen LogP contribution >= 0.6 is 0 Å². The van der Waals surface area contributed by atoms with Gasteiger partial charge in [0.25, 0.3) is 0 Å². The van der Waals surface area contributed by atoms with Gasteiger partial charge in [-0.1, -0.05) is 44.2 Å². The van der Waals surface area contributed by atoms with Crippen LogP contribution in [0, 0.1) is 11.8 Å². The number of sulfone groups is 1. The Morgan fingerprint density at radius 3 is 2.48 bits per heavy atom. The summed E-state index contributed by atoms with van der Waals surface area (Å²) in [4.78, 5) is 12.3. The molecule has 1 aromatic carbocycles. The molecule has 4 nitrogen and oxygen atoms in total. The van der Waals surface area contributed by atoms with E-state index in [0.717, 1.165) is 12.0 Å². The summed E-state index contributed by atoms with van der Waals surface area (Å²) in [5, 5.41) is 3.04. The number of hydrogen-bond donors (Lipinski definition) is 1. The van der Waals surface area contributed by atoms with Crippen molar-refractivity contribution in [3.8, 4) is 0 Å². The SMILES string of the molecule is CC(C)C[C@@H](NC(=O)[C@@H]1CCS(=O)(=O)C1)c1ccccc1. The van der Waals surface area contributed by atoms with Gasteiger partial charge >= 0.3 is 0 Å². The van der Waals surface area contributed by atoms with Gasteiger partial charge in [-0.05, 0) is 24.3 Å². The minimum absolute atomic E-state index is 0.0119. The number of nitrogens with one attached hydrogen (secondary N) is 1. The largest absolute Gasteiger partial charge is 0.349 e.